The molecule has 1 saturated heterocycles. The second-order valence-electron chi connectivity index (χ2n) is 10.3. The Morgan fingerprint density at radius 2 is 1.79 bits per heavy atom. The van der Waals surface area contributed by atoms with Crippen molar-refractivity contribution in [3.8, 4) is 11.5 Å². The second-order valence-corrected chi connectivity index (χ2v) is 12.0. The molecule has 0 atom stereocenters. The fraction of sp³-hybridized carbons (Fsp3) is 0.577. The molecule has 4 bridgehead atoms. The number of amides is 2. The Bertz CT molecular complexity index is 1000. The molecule has 0 aromatic heterocycles. The number of methoxy groups -OCH3 is 2. The maximum Gasteiger partial charge on any atom is 0.266 e. The number of ether oxygens (including phenoxy) is 2. The minimum absolute atomic E-state index is 0.0375. The van der Waals surface area contributed by atoms with Crippen LogP contribution >= 0.6 is 24.0 Å². The molecule has 4 aliphatic carbocycles. The van der Waals surface area contributed by atoms with Gasteiger partial charge in [-0.05, 0) is 86.5 Å². The zero-order chi connectivity index (χ0) is 23.9. The molecule has 6 rings (SSSR count). The van der Waals surface area contributed by atoms with Crippen molar-refractivity contribution < 1.29 is 19.1 Å². The van der Waals surface area contributed by atoms with Crippen LogP contribution in [-0.2, 0) is 9.59 Å². The molecule has 4 saturated carbocycles. The van der Waals surface area contributed by atoms with Crippen LogP contribution in [0.5, 0.6) is 11.5 Å². The number of carbonyl (C=O) groups is 2. The fourth-order valence-electron chi connectivity index (χ4n) is 6.81. The maximum atomic E-state index is 13.0. The first-order valence-electron chi connectivity index (χ1n) is 12.2. The highest BCUT2D eigenvalue weighted by molar-refractivity contribution is 8.26. The largest absolute Gasteiger partial charge is 0.493 e. The summed E-state index contributed by atoms with van der Waals surface area (Å²) in [5, 5.41) is 3.42. The van der Waals surface area contributed by atoms with Crippen molar-refractivity contribution in [3.05, 3.63) is 28.7 Å². The van der Waals surface area contributed by atoms with Crippen LogP contribution in [0.2, 0.25) is 0 Å². The van der Waals surface area contributed by atoms with E-state index in [2.05, 4.69) is 5.32 Å². The highest BCUT2D eigenvalue weighted by Gasteiger charge is 2.51. The van der Waals surface area contributed by atoms with Crippen molar-refractivity contribution in [1.29, 1.82) is 0 Å². The highest BCUT2D eigenvalue weighted by atomic mass is 32.2. The summed E-state index contributed by atoms with van der Waals surface area (Å²) in [5.74, 6) is 3.67. The van der Waals surface area contributed by atoms with Gasteiger partial charge in [0.05, 0.1) is 19.1 Å². The summed E-state index contributed by atoms with van der Waals surface area (Å²) >= 11 is 6.77. The lowest BCUT2D eigenvalue weighted by Crippen LogP contribution is -2.59. The van der Waals surface area contributed by atoms with Gasteiger partial charge in [-0.15, -0.1) is 0 Å². The summed E-state index contributed by atoms with van der Waals surface area (Å²) in [6.07, 6.45) is 10.4. The third-order valence-corrected chi connectivity index (χ3v) is 9.19. The van der Waals surface area contributed by atoms with Gasteiger partial charge < -0.3 is 14.8 Å². The van der Waals surface area contributed by atoms with E-state index in [9.17, 15) is 9.59 Å². The van der Waals surface area contributed by atoms with Gasteiger partial charge in [-0.1, -0.05) is 30.0 Å². The predicted molar refractivity (Wildman–Crippen MR) is 138 cm³/mol. The Hall–Kier alpha value is -2.06. The number of hydrogen-bond acceptors (Lipinski definition) is 6. The molecule has 0 spiro atoms. The van der Waals surface area contributed by atoms with Crippen molar-refractivity contribution in [2.24, 2.45) is 17.8 Å². The van der Waals surface area contributed by atoms with Crippen LogP contribution in [0.1, 0.15) is 56.9 Å². The lowest BCUT2D eigenvalue weighted by Gasteiger charge is -2.56. The van der Waals surface area contributed by atoms with E-state index in [0.717, 1.165) is 42.6 Å². The number of benzene rings is 1. The first-order valence-corrected chi connectivity index (χ1v) is 13.4. The normalized spacial score (nSPS) is 30.8. The van der Waals surface area contributed by atoms with Gasteiger partial charge in [0.2, 0.25) is 5.91 Å². The average molecular weight is 501 g/mol. The van der Waals surface area contributed by atoms with E-state index >= 15 is 0 Å². The van der Waals surface area contributed by atoms with E-state index in [4.69, 9.17) is 21.7 Å². The van der Waals surface area contributed by atoms with Crippen LogP contribution < -0.4 is 14.8 Å². The van der Waals surface area contributed by atoms with E-state index in [1.54, 1.807) is 19.1 Å². The lowest BCUT2D eigenvalue weighted by molar-refractivity contribution is -0.127. The van der Waals surface area contributed by atoms with Gasteiger partial charge in [0.1, 0.15) is 4.32 Å². The highest BCUT2D eigenvalue weighted by Crippen LogP contribution is 2.55. The first kappa shape index (κ1) is 23.7. The molecule has 34 heavy (non-hydrogen) atoms. The van der Waals surface area contributed by atoms with E-state index in [1.165, 1.54) is 31.0 Å². The third-order valence-electron chi connectivity index (χ3n) is 7.81. The maximum absolute atomic E-state index is 13.0. The summed E-state index contributed by atoms with van der Waals surface area (Å²) in [6.45, 7) is 0.461. The molecular weight excluding hydrogens is 468 g/mol. The molecule has 1 heterocycles. The molecule has 8 heteroatoms. The van der Waals surface area contributed by atoms with Gasteiger partial charge in [0.25, 0.3) is 5.91 Å². The van der Waals surface area contributed by atoms with Crippen LogP contribution in [0.15, 0.2) is 23.1 Å². The molecule has 6 nitrogen and oxygen atoms in total. The number of nitrogens with zero attached hydrogens (tertiary/aromatic N) is 1. The van der Waals surface area contributed by atoms with Gasteiger partial charge in [-0.3, -0.25) is 14.5 Å². The molecule has 1 aromatic carbocycles. The number of thiocarbonyl (C=S) groups is 1. The zero-order valence-corrected chi connectivity index (χ0v) is 21.4. The van der Waals surface area contributed by atoms with E-state index in [0.29, 0.717) is 40.1 Å². The number of rotatable bonds is 8. The fourth-order valence-corrected chi connectivity index (χ4v) is 8.12. The summed E-state index contributed by atoms with van der Waals surface area (Å²) in [5.41, 5.74) is 0.878. The van der Waals surface area contributed by atoms with Gasteiger partial charge >= 0.3 is 0 Å². The van der Waals surface area contributed by atoms with Crippen molar-refractivity contribution in [1.82, 2.24) is 10.2 Å². The Morgan fingerprint density at radius 3 is 2.41 bits per heavy atom. The summed E-state index contributed by atoms with van der Waals surface area (Å²) in [4.78, 5) is 28.0. The van der Waals surface area contributed by atoms with Crippen LogP contribution in [0.3, 0.4) is 0 Å². The molecule has 1 N–H and O–H groups in total. The molecule has 1 aromatic rings. The van der Waals surface area contributed by atoms with Crippen LogP contribution in [0.4, 0.5) is 0 Å². The standard InChI is InChI=1S/C26H32N2O4S2/c1-31-20-6-5-16(11-21(20)32-2)12-22-24(30)28(25(33)34-22)7-3-4-23(29)27-26-13-17-8-18(14-26)10-19(9-17)15-26/h5-6,11-12,17-19H,3-4,7-10,13-15H2,1-2H3,(H,27,29). The smallest absolute Gasteiger partial charge is 0.266 e. The minimum atomic E-state index is -0.105. The Balaban J connectivity index is 1.15. The predicted octanol–water partition coefficient (Wildman–Crippen LogP) is 4.77. The van der Waals surface area contributed by atoms with Crippen molar-refractivity contribution in [3.63, 3.8) is 0 Å². The SMILES string of the molecule is COc1ccc(C=C2SC(=S)N(CCCC(=O)NC34CC5CC(CC(C5)C3)C4)C2=O)cc1OC. The van der Waals surface area contributed by atoms with Gasteiger partial charge in [0.15, 0.2) is 11.5 Å². The summed E-state index contributed by atoms with van der Waals surface area (Å²) < 4.78 is 11.2. The first-order chi connectivity index (χ1) is 16.4. The van der Waals surface area contributed by atoms with Gasteiger partial charge in [-0.2, -0.15) is 0 Å². The van der Waals surface area contributed by atoms with Gasteiger partial charge in [-0.25, -0.2) is 0 Å². The number of carbonyl (C=O) groups excluding carboxylic acids is 2. The molecule has 0 unspecified atom stereocenters. The lowest BCUT2D eigenvalue weighted by atomic mass is 9.53. The quantitative estimate of drug-likeness (QED) is 0.410. The van der Waals surface area contributed by atoms with E-state index in [1.807, 2.05) is 24.3 Å². The molecule has 0 radical (unpaired) electrons. The van der Waals surface area contributed by atoms with Crippen molar-refractivity contribution in [2.75, 3.05) is 20.8 Å². The van der Waals surface area contributed by atoms with Gasteiger partial charge in [0, 0.05) is 18.5 Å². The zero-order valence-electron chi connectivity index (χ0n) is 19.8. The number of nitrogens with one attached hydrogen (secondary N) is 1. The number of hydrogen-bond donors (Lipinski definition) is 1. The van der Waals surface area contributed by atoms with E-state index in [-0.39, 0.29) is 17.4 Å². The Morgan fingerprint density at radius 1 is 1.15 bits per heavy atom. The Labute approximate surface area is 210 Å². The topological polar surface area (TPSA) is 67.9 Å². The Kier molecular flexibility index (Phi) is 6.64. The van der Waals surface area contributed by atoms with Crippen LogP contribution in [0.25, 0.3) is 6.08 Å². The van der Waals surface area contributed by atoms with Crippen LogP contribution in [-0.4, -0.2) is 47.3 Å². The minimum Gasteiger partial charge on any atom is -0.493 e. The summed E-state index contributed by atoms with van der Waals surface area (Å²) in [6, 6.07) is 5.52. The summed E-state index contributed by atoms with van der Waals surface area (Å²) in [7, 11) is 3.17. The van der Waals surface area contributed by atoms with Crippen molar-refractivity contribution >= 4 is 46.2 Å². The molecule has 5 aliphatic rings. The molecular formula is C26H32N2O4S2. The molecule has 1 aliphatic heterocycles. The van der Waals surface area contributed by atoms with Crippen molar-refractivity contribution in [2.45, 2.75) is 56.9 Å². The third kappa shape index (κ3) is 4.71. The van der Waals surface area contributed by atoms with Crippen LogP contribution in [0, 0.1) is 17.8 Å². The number of thioether (sulfide) groups is 1. The average Bonchev–Trinajstić information content (AvgIpc) is 3.05. The monoisotopic (exact) mass is 500 g/mol. The molecule has 5 fully saturated rings. The molecule has 2 amide bonds. The molecule has 182 valence electrons. The second kappa shape index (κ2) is 9.53. The van der Waals surface area contributed by atoms with E-state index < -0.39 is 0 Å².